The highest BCUT2D eigenvalue weighted by Gasteiger charge is 2.22. The lowest BCUT2D eigenvalue weighted by Gasteiger charge is -2.20. The maximum absolute atomic E-state index is 11.5. The zero-order chi connectivity index (χ0) is 11.1. The Morgan fingerprint density at radius 3 is 2.73 bits per heavy atom. The third kappa shape index (κ3) is 4.47. The van der Waals surface area contributed by atoms with Crippen molar-refractivity contribution in [1.82, 2.24) is 0 Å². The molecule has 1 unspecified atom stereocenters. The van der Waals surface area contributed by atoms with Crippen LogP contribution in [-0.2, 0) is 9.53 Å². The van der Waals surface area contributed by atoms with Crippen molar-refractivity contribution < 1.29 is 14.6 Å². The molecule has 15 heavy (non-hydrogen) atoms. The molecule has 1 atom stereocenters. The van der Waals surface area contributed by atoms with Gasteiger partial charge in [0.15, 0.2) is 0 Å². The summed E-state index contributed by atoms with van der Waals surface area (Å²) in [5.74, 6) is -0.0764. The van der Waals surface area contributed by atoms with Crippen LogP contribution in [-0.4, -0.2) is 23.8 Å². The number of hydrogen-bond donors (Lipinski definition) is 1. The van der Waals surface area contributed by atoms with Crippen molar-refractivity contribution in [3.8, 4) is 0 Å². The monoisotopic (exact) mass is 212 g/mol. The fraction of sp³-hybridized carbons (Fsp3) is 0.750. The summed E-state index contributed by atoms with van der Waals surface area (Å²) in [7, 11) is 0. The topological polar surface area (TPSA) is 46.5 Å². The Morgan fingerprint density at radius 1 is 1.47 bits per heavy atom. The van der Waals surface area contributed by atoms with E-state index in [1.807, 2.05) is 0 Å². The molecule has 1 fully saturated rings. The van der Waals surface area contributed by atoms with Crippen LogP contribution in [0.5, 0.6) is 0 Å². The molecule has 1 aliphatic rings. The van der Waals surface area contributed by atoms with Gasteiger partial charge in [0.05, 0.1) is 12.0 Å². The maximum atomic E-state index is 11.5. The van der Waals surface area contributed by atoms with Crippen LogP contribution in [0.15, 0.2) is 12.7 Å². The molecule has 1 N–H and O–H groups in total. The summed E-state index contributed by atoms with van der Waals surface area (Å²) in [5.41, 5.74) is 0. The minimum atomic E-state index is -0.602. The van der Waals surface area contributed by atoms with Gasteiger partial charge in [-0.15, -0.1) is 6.58 Å². The molecule has 0 spiro atoms. The molecule has 0 aromatic rings. The van der Waals surface area contributed by atoms with E-state index in [1.54, 1.807) is 6.08 Å². The molecule has 3 nitrogen and oxygen atoms in total. The number of carbonyl (C=O) groups excluding carboxylic acids is 1. The molecule has 0 radical (unpaired) electrons. The summed E-state index contributed by atoms with van der Waals surface area (Å²) in [6.45, 7) is 3.62. The summed E-state index contributed by atoms with van der Waals surface area (Å²) in [6.07, 6.45) is 6.84. The van der Waals surface area contributed by atoms with E-state index in [0.29, 0.717) is 6.42 Å². The maximum Gasteiger partial charge on any atom is 0.309 e. The Bertz CT molecular complexity index is 207. The highest BCUT2D eigenvalue weighted by molar-refractivity contribution is 5.72. The molecule has 3 heteroatoms. The second-order valence-electron chi connectivity index (χ2n) is 4.14. The quantitative estimate of drug-likeness (QED) is 0.560. The smallest absolute Gasteiger partial charge is 0.309 e. The average Bonchev–Trinajstić information content (AvgIpc) is 2.27. The van der Waals surface area contributed by atoms with Crippen molar-refractivity contribution in [2.45, 2.75) is 44.6 Å². The summed E-state index contributed by atoms with van der Waals surface area (Å²) < 4.78 is 5.06. The number of hydrogen-bond acceptors (Lipinski definition) is 3. The van der Waals surface area contributed by atoms with Gasteiger partial charge in [-0.1, -0.05) is 25.3 Å². The Kier molecular flexibility index (Phi) is 5.40. The van der Waals surface area contributed by atoms with Gasteiger partial charge in [0, 0.05) is 0 Å². The molecule has 0 saturated heterocycles. The summed E-state index contributed by atoms with van der Waals surface area (Å²) >= 11 is 0. The van der Waals surface area contributed by atoms with Crippen LogP contribution in [0.4, 0.5) is 0 Å². The van der Waals surface area contributed by atoms with E-state index >= 15 is 0 Å². The van der Waals surface area contributed by atoms with Crippen LogP contribution < -0.4 is 0 Å². The first-order valence-electron chi connectivity index (χ1n) is 5.69. The zero-order valence-corrected chi connectivity index (χ0v) is 9.15. The highest BCUT2D eigenvalue weighted by atomic mass is 16.5. The molecular formula is C12H20O3. The predicted octanol–water partition coefficient (Wildman–Crippen LogP) is 2.05. The lowest BCUT2D eigenvalue weighted by atomic mass is 9.89. The van der Waals surface area contributed by atoms with E-state index in [9.17, 15) is 9.90 Å². The Morgan fingerprint density at radius 2 is 2.13 bits per heavy atom. The molecule has 0 aromatic carbocycles. The number of aliphatic hydroxyl groups is 1. The molecule has 0 heterocycles. The molecule has 0 aliphatic heterocycles. The van der Waals surface area contributed by atoms with E-state index in [1.165, 1.54) is 6.42 Å². The zero-order valence-electron chi connectivity index (χ0n) is 9.15. The standard InChI is InChI=1S/C12H20O3/c1-2-6-11(13)9-15-12(14)10-7-4-3-5-8-10/h2,10-11,13H,1,3-9H2. The number of aliphatic hydroxyl groups excluding tert-OH is 1. The van der Waals surface area contributed by atoms with Gasteiger partial charge < -0.3 is 9.84 Å². The van der Waals surface area contributed by atoms with Crippen LogP contribution in [0.25, 0.3) is 0 Å². The van der Waals surface area contributed by atoms with Crippen molar-refractivity contribution in [2.24, 2.45) is 5.92 Å². The fourth-order valence-electron chi connectivity index (χ4n) is 1.89. The Hall–Kier alpha value is -0.830. The SMILES string of the molecule is C=CCC(O)COC(=O)C1CCCCC1. The minimum Gasteiger partial charge on any atom is -0.463 e. The third-order valence-electron chi connectivity index (χ3n) is 2.80. The second-order valence-corrected chi connectivity index (χ2v) is 4.14. The van der Waals surface area contributed by atoms with Crippen LogP contribution in [0.2, 0.25) is 0 Å². The summed E-state index contributed by atoms with van der Waals surface area (Å²) in [6, 6.07) is 0. The van der Waals surface area contributed by atoms with E-state index in [-0.39, 0.29) is 18.5 Å². The van der Waals surface area contributed by atoms with Crippen molar-refractivity contribution in [1.29, 1.82) is 0 Å². The van der Waals surface area contributed by atoms with Crippen LogP contribution in [0.1, 0.15) is 38.5 Å². The van der Waals surface area contributed by atoms with Crippen molar-refractivity contribution >= 4 is 5.97 Å². The highest BCUT2D eigenvalue weighted by Crippen LogP contribution is 2.24. The van der Waals surface area contributed by atoms with Gasteiger partial charge in [0.1, 0.15) is 6.61 Å². The van der Waals surface area contributed by atoms with Crippen LogP contribution in [0, 0.1) is 5.92 Å². The van der Waals surface area contributed by atoms with Crippen molar-refractivity contribution in [2.75, 3.05) is 6.61 Å². The summed E-state index contributed by atoms with van der Waals surface area (Å²) in [5, 5.41) is 9.35. The number of carbonyl (C=O) groups is 1. The first kappa shape index (κ1) is 12.2. The average molecular weight is 212 g/mol. The Labute approximate surface area is 91.1 Å². The molecule has 1 saturated carbocycles. The van der Waals surface area contributed by atoms with E-state index in [0.717, 1.165) is 25.7 Å². The van der Waals surface area contributed by atoms with Gasteiger partial charge >= 0.3 is 5.97 Å². The Balaban J connectivity index is 2.19. The fourth-order valence-corrected chi connectivity index (χ4v) is 1.89. The van der Waals surface area contributed by atoms with Crippen molar-refractivity contribution in [3.63, 3.8) is 0 Å². The molecular weight excluding hydrogens is 192 g/mol. The van der Waals surface area contributed by atoms with Gasteiger partial charge in [-0.2, -0.15) is 0 Å². The molecule has 1 rings (SSSR count). The second kappa shape index (κ2) is 6.62. The molecule has 0 bridgehead atoms. The van der Waals surface area contributed by atoms with Gasteiger partial charge in [-0.3, -0.25) is 4.79 Å². The van der Waals surface area contributed by atoms with E-state index in [4.69, 9.17) is 4.74 Å². The van der Waals surface area contributed by atoms with Gasteiger partial charge in [-0.05, 0) is 19.3 Å². The first-order chi connectivity index (χ1) is 7.24. The van der Waals surface area contributed by atoms with Crippen LogP contribution >= 0.6 is 0 Å². The van der Waals surface area contributed by atoms with Crippen LogP contribution in [0.3, 0.4) is 0 Å². The number of rotatable bonds is 5. The number of ether oxygens (including phenoxy) is 1. The van der Waals surface area contributed by atoms with Crippen molar-refractivity contribution in [3.05, 3.63) is 12.7 Å². The lowest BCUT2D eigenvalue weighted by Crippen LogP contribution is -2.24. The molecule has 1 aliphatic carbocycles. The molecule has 0 aromatic heterocycles. The lowest BCUT2D eigenvalue weighted by molar-refractivity contribution is -0.152. The molecule has 0 amide bonds. The predicted molar refractivity (Wildman–Crippen MR) is 58.4 cm³/mol. The normalized spacial score (nSPS) is 19.5. The van der Waals surface area contributed by atoms with Gasteiger partial charge in [0.25, 0.3) is 0 Å². The van der Waals surface area contributed by atoms with Gasteiger partial charge in [-0.25, -0.2) is 0 Å². The first-order valence-corrected chi connectivity index (χ1v) is 5.69. The number of esters is 1. The minimum absolute atomic E-state index is 0.0645. The van der Waals surface area contributed by atoms with Gasteiger partial charge in [0.2, 0.25) is 0 Å². The largest absolute Gasteiger partial charge is 0.463 e. The molecule has 86 valence electrons. The van der Waals surface area contributed by atoms with E-state index < -0.39 is 6.10 Å². The summed E-state index contributed by atoms with van der Waals surface area (Å²) in [4.78, 5) is 11.5. The third-order valence-corrected chi connectivity index (χ3v) is 2.80. The van der Waals surface area contributed by atoms with E-state index in [2.05, 4.69) is 6.58 Å².